The van der Waals surface area contributed by atoms with Crippen molar-refractivity contribution in [2.24, 2.45) is 0 Å². The molecule has 0 fully saturated rings. The molecule has 4 heteroatoms. The zero-order valence-corrected chi connectivity index (χ0v) is 11.2. The number of hydrogen-bond acceptors (Lipinski definition) is 3. The predicted molar refractivity (Wildman–Crippen MR) is 73.3 cm³/mol. The van der Waals surface area contributed by atoms with Crippen LogP contribution in [0.25, 0.3) is 0 Å². The number of carbonyl (C=O) groups is 1. The highest BCUT2D eigenvalue weighted by molar-refractivity contribution is 5.75. The van der Waals surface area contributed by atoms with E-state index in [0.29, 0.717) is 13.1 Å². The van der Waals surface area contributed by atoms with Gasteiger partial charge in [-0.05, 0) is 31.5 Å². The Kier molecular flexibility index (Phi) is 4.22. The molecule has 0 saturated carbocycles. The summed E-state index contributed by atoms with van der Waals surface area (Å²) < 4.78 is 5.56. The summed E-state index contributed by atoms with van der Waals surface area (Å²) in [6.45, 7) is 5.29. The number of carboxylic acid groups (broad SMARTS) is 1. The summed E-state index contributed by atoms with van der Waals surface area (Å²) in [4.78, 5) is 13.4. The highest BCUT2D eigenvalue weighted by Gasteiger charge is 2.27. The van der Waals surface area contributed by atoms with Gasteiger partial charge in [0.05, 0.1) is 6.10 Å². The molecular weight excluding hydrogens is 242 g/mol. The van der Waals surface area contributed by atoms with Crippen molar-refractivity contribution in [3.63, 3.8) is 0 Å². The van der Waals surface area contributed by atoms with Gasteiger partial charge in [0.2, 0.25) is 0 Å². The number of nitrogens with zero attached hydrogens (tertiary/aromatic N) is 1. The minimum atomic E-state index is -0.818. The van der Waals surface area contributed by atoms with Crippen LogP contribution < -0.4 is 4.74 Å². The van der Waals surface area contributed by atoms with E-state index in [9.17, 15) is 9.90 Å². The number of hydrogen-bond donors (Lipinski definition) is 1. The topological polar surface area (TPSA) is 49.8 Å². The van der Waals surface area contributed by atoms with Gasteiger partial charge in [0.25, 0.3) is 0 Å². The van der Waals surface area contributed by atoms with Crippen molar-refractivity contribution in [1.82, 2.24) is 4.90 Å². The van der Waals surface area contributed by atoms with Gasteiger partial charge < -0.3 is 9.84 Å². The molecule has 4 nitrogen and oxygen atoms in total. The Morgan fingerprint density at radius 2 is 1.79 bits per heavy atom. The van der Waals surface area contributed by atoms with Crippen LogP contribution in [0.1, 0.15) is 25.5 Å². The number of benzene rings is 1. The monoisotopic (exact) mass is 261 g/mol. The van der Waals surface area contributed by atoms with Crippen LogP contribution in [0.3, 0.4) is 0 Å². The van der Waals surface area contributed by atoms with E-state index < -0.39 is 12.0 Å². The van der Waals surface area contributed by atoms with Crippen LogP contribution in [0.15, 0.2) is 36.4 Å². The van der Waals surface area contributed by atoms with Gasteiger partial charge in [-0.3, -0.25) is 9.69 Å². The lowest BCUT2D eigenvalue weighted by Gasteiger charge is -2.24. The van der Waals surface area contributed by atoms with Crippen LogP contribution in [0.4, 0.5) is 0 Å². The summed E-state index contributed by atoms with van der Waals surface area (Å²) in [6, 6.07) is 6.72. The largest absolute Gasteiger partial charge is 0.491 e. The molecule has 1 aromatic carbocycles. The molecule has 0 aromatic heterocycles. The molecule has 102 valence electrons. The molecule has 1 aliphatic rings. The SMILES string of the molecule is CC(C)Oc1ccc([C@H](C(=O)O)N2CC=CC2)cc1. The maximum atomic E-state index is 11.4. The van der Waals surface area contributed by atoms with Gasteiger partial charge in [-0.2, -0.15) is 0 Å². The summed E-state index contributed by atoms with van der Waals surface area (Å²) >= 11 is 0. The van der Waals surface area contributed by atoms with Crippen LogP contribution in [-0.2, 0) is 4.79 Å². The normalized spacial score (nSPS) is 16.8. The molecule has 0 unspecified atom stereocenters. The van der Waals surface area contributed by atoms with E-state index >= 15 is 0 Å². The molecule has 1 heterocycles. The molecule has 19 heavy (non-hydrogen) atoms. The maximum Gasteiger partial charge on any atom is 0.325 e. The smallest absolute Gasteiger partial charge is 0.325 e. The molecule has 0 aliphatic carbocycles. The first-order valence-electron chi connectivity index (χ1n) is 6.46. The summed E-state index contributed by atoms with van der Waals surface area (Å²) in [5.41, 5.74) is 0.785. The Balaban J connectivity index is 2.15. The van der Waals surface area contributed by atoms with E-state index in [-0.39, 0.29) is 6.10 Å². The molecule has 0 saturated heterocycles. The van der Waals surface area contributed by atoms with Gasteiger partial charge in [-0.1, -0.05) is 24.3 Å². The van der Waals surface area contributed by atoms with Gasteiger partial charge in [0, 0.05) is 13.1 Å². The number of carboxylic acids is 1. The van der Waals surface area contributed by atoms with Gasteiger partial charge >= 0.3 is 5.97 Å². The van der Waals surface area contributed by atoms with E-state index in [1.165, 1.54) is 0 Å². The Morgan fingerprint density at radius 1 is 1.21 bits per heavy atom. The molecule has 0 spiro atoms. The van der Waals surface area contributed by atoms with Crippen molar-refractivity contribution < 1.29 is 14.6 Å². The molecule has 0 radical (unpaired) electrons. The van der Waals surface area contributed by atoms with Crippen LogP contribution in [0, 0.1) is 0 Å². The van der Waals surface area contributed by atoms with Crippen LogP contribution in [0.5, 0.6) is 5.75 Å². The molecule has 0 bridgehead atoms. The number of ether oxygens (including phenoxy) is 1. The van der Waals surface area contributed by atoms with E-state index in [0.717, 1.165) is 11.3 Å². The Morgan fingerprint density at radius 3 is 2.26 bits per heavy atom. The zero-order chi connectivity index (χ0) is 13.8. The lowest BCUT2D eigenvalue weighted by molar-refractivity contribution is -0.143. The van der Waals surface area contributed by atoms with Crippen molar-refractivity contribution >= 4 is 5.97 Å². The van der Waals surface area contributed by atoms with E-state index in [4.69, 9.17) is 4.74 Å². The van der Waals surface area contributed by atoms with Crippen LogP contribution in [0.2, 0.25) is 0 Å². The third-order valence-corrected chi connectivity index (χ3v) is 3.01. The average Bonchev–Trinajstić information content (AvgIpc) is 2.84. The van der Waals surface area contributed by atoms with Crippen molar-refractivity contribution in [3.05, 3.63) is 42.0 Å². The minimum Gasteiger partial charge on any atom is -0.491 e. The van der Waals surface area contributed by atoms with Crippen molar-refractivity contribution in [2.75, 3.05) is 13.1 Å². The lowest BCUT2D eigenvalue weighted by Crippen LogP contribution is -2.32. The first-order chi connectivity index (χ1) is 9.08. The van der Waals surface area contributed by atoms with Crippen molar-refractivity contribution in [2.45, 2.75) is 26.0 Å². The van der Waals surface area contributed by atoms with Gasteiger partial charge in [-0.15, -0.1) is 0 Å². The third-order valence-electron chi connectivity index (χ3n) is 3.01. The number of rotatable bonds is 5. The van der Waals surface area contributed by atoms with Crippen molar-refractivity contribution in [1.29, 1.82) is 0 Å². The lowest BCUT2D eigenvalue weighted by atomic mass is 10.1. The molecular formula is C15H19NO3. The van der Waals surface area contributed by atoms with Gasteiger partial charge in [-0.25, -0.2) is 0 Å². The van der Waals surface area contributed by atoms with Crippen molar-refractivity contribution in [3.8, 4) is 5.75 Å². The second kappa shape index (κ2) is 5.89. The Labute approximate surface area is 113 Å². The average molecular weight is 261 g/mol. The summed E-state index contributed by atoms with van der Waals surface area (Å²) in [7, 11) is 0. The highest BCUT2D eigenvalue weighted by atomic mass is 16.5. The second-order valence-electron chi connectivity index (χ2n) is 4.90. The van der Waals surface area contributed by atoms with Gasteiger partial charge in [0.15, 0.2) is 0 Å². The summed E-state index contributed by atoms with van der Waals surface area (Å²) in [6.07, 6.45) is 4.10. The standard InChI is InChI=1S/C15H19NO3/c1-11(2)19-13-7-5-12(6-8-13)14(15(17)18)16-9-3-4-10-16/h3-8,11,14H,9-10H2,1-2H3,(H,17,18)/t14-/m1/s1. The number of aliphatic carboxylic acids is 1. The second-order valence-corrected chi connectivity index (χ2v) is 4.90. The first-order valence-corrected chi connectivity index (χ1v) is 6.46. The highest BCUT2D eigenvalue weighted by Crippen LogP contribution is 2.25. The molecule has 2 rings (SSSR count). The fraction of sp³-hybridized carbons (Fsp3) is 0.400. The summed E-state index contributed by atoms with van der Waals surface area (Å²) in [5, 5.41) is 9.40. The molecule has 1 atom stereocenters. The predicted octanol–water partition coefficient (Wildman–Crippen LogP) is 2.47. The fourth-order valence-electron chi connectivity index (χ4n) is 2.22. The molecule has 0 amide bonds. The Hall–Kier alpha value is -1.81. The first kappa shape index (κ1) is 13.6. The molecule has 1 aromatic rings. The summed E-state index contributed by atoms with van der Waals surface area (Å²) in [5.74, 6) is -0.0522. The zero-order valence-electron chi connectivity index (χ0n) is 11.2. The fourth-order valence-corrected chi connectivity index (χ4v) is 2.22. The van der Waals surface area contributed by atoms with Crippen LogP contribution >= 0.6 is 0 Å². The van der Waals surface area contributed by atoms with E-state index in [2.05, 4.69) is 0 Å². The Bertz CT molecular complexity index is 457. The molecule has 1 N–H and O–H groups in total. The van der Waals surface area contributed by atoms with Crippen LogP contribution in [-0.4, -0.2) is 35.2 Å². The quantitative estimate of drug-likeness (QED) is 0.827. The van der Waals surface area contributed by atoms with E-state index in [1.54, 1.807) is 0 Å². The third kappa shape index (κ3) is 3.35. The minimum absolute atomic E-state index is 0.115. The maximum absolute atomic E-state index is 11.4. The van der Waals surface area contributed by atoms with E-state index in [1.807, 2.05) is 55.2 Å². The molecule has 1 aliphatic heterocycles. The van der Waals surface area contributed by atoms with Gasteiger partial charge in [0.1, 0.15) is 11.8 Å².